The standard InChI is InChI=1S/C13H19F5O3Si/c1-9(2)19-22(20-10(3)4,21-11(5)6)8-7-12(14,15)13(16,17)18/h1,3,5,7-8H2,2,4,6H3. The largest absolute Gasteiger partial charge is 0.698 e. The molecule has 0 rings (SSSR count). The molecule has 128 valence electrons. The van der Waals surface area contributed by atoms with Gasteiger partial charge in [-0.1, -0.05) is 19.7 Å². The number of hydrogen-bond acceptors (Lipinski definition) is 3. The van der Waals surface area contributed by atoms with E-state index in [1.54, 1.807) is 0 Å². The predicted molar refractivity (Wildman–Crippen MR) is 73.9 cm³/mol. The lowest BCUT2D eigenvalue weighted by molar-refractivity contribution is -0.283. The zero-order chi connectivity index (χ0) is 17.8. The van der Waals surface area contributed by atoms with Crippen LogP contribution in [0.1, 0.15) is 27.2 Å². The molecule has 0 saturated heterocycles. The summed E-state index contributed by atoms with van der Waals surface area (Å²) in [5.74, 6) is -4.71. The number of allylic oxidation sites excluding steroid dienone is 3. The average molecular weight is 346 g/mol. The van der Waals surface area contributed by atoms with E-state index in [1.807, 2.05) is 0 Å². The van der Waals surface area contributed by atoms with Crippen molar-refractivity contribution >= 4 is 8.80 Å². The summed E-state index contributed by atoms with van der Waals surface area (Å²) in [6, 6.07) is -0.786. The van der Waals surface area contributed by atoms with E-state index in [-0.39, 0.29) is 17.3 Å². The molecular formula is C13H19F5O3Si. The topological polar surface area (TPSA) is 27.7 Å². The minimum atomic E-state index is -5.66. The highest BCUT2D eigenvalue weighted by atomic mass is 28.4. The van der Waals surface area contributed by atoms with Gasteiger partial charge in [0.05, 0.1) is 23.3 Å². The Bertz CT molecular complexity index is 405. The summed E-state index contributed by atoms with van der Waals surface area (Å²) in [5, 5.41) is 0. The number of alkyl halides is 5. The molecule has 0 bridgehead atoms. The van der Waals surface area contributed by atoms with E-state index in [1.165, 1.54) is 20.8 Å². The lowest BCUT2D eigenvalue weighted by atomic mass is 10.2. The lowest BCUT2D eigenvalue weighted by Gasteiger charge is -2.31. The minimum absolute atomic E-state index is 0.0597. The van der Waals surface area contributed by atoms with Gasteiger partial charge in [-0.3, -0.25) is 0 Å². The first-order valence-electron chi connectivity index (χ1n) is 6.19. The van der Waals surface area contributed by atoms with Gasteiger partial charge in [0.15, 0.2) is 0 Å². The Morgan fingerprint density at radius 3 is 1.36 bits per heavy atom. The molecule has 22 heavy (non-hydrogen) atoms. The number of halogens is 5. The smallest absolute Gasteiger partial charge is 0.488 e. The molecule has 0 aromatic rings. The highest BCUT2D eigenvalue weighted by molar-refractivity contribution is 6.61. The van der Waals surface area contributed by atoms with E-state index in [0.29, 0.717) is 0 Å². The summed E-state index contributed by atoms with van der Waals surface area (Å²) in [7, 11) is -3.95. The first-order valence-corrected chi connectivity index (χ1v) is 8.12. The Kier molecular flexibility index (Phi) is 6.67. The van der Waals surface area contributed by atoms with Crippen LogP contribution in [0.4, 0.5) is 22.0 Å². The first-order chi connectivity index (χ1) is 9.71. The Morgan fingerprint density at radius 1 is 0.818 bits per heavy atom. The van der Waals surface area contributed by atoms with Gasteiger partial charge in [-0.05, 0) is 20.8 Å². The SMILES string of the molecule is C=C(C)O[Si](CCC(F)(F)C(F)(F)F)(OC(=C)C)OC(=C)C. The Hall–Kier alpha value is -1.51. The summed E-state index contributed by atoms with van der Waals surface area (Å²) in [6.07, 6.45) is -7.21. The fourth-order valence-electron chi connectivity index (χ4n) is 1.46. The molecule has 0 unspecified atom stereocenters. The monoisotopic (exact) mass is 346 g/mol. The van der Waals surface area contributed by atoms with Crippen molar-refractivity contribution in [2.75, 3.05) is 0 Å². The highest BCUT2D eigenvalue weighted by Gasteiger charge is 2.60. The minimum Gasteiger partial charge on any atom is -0.488 e. The highest BCUT2D eigenvalue weighted by Crippen LogP contribution is 2.41. The molecule has 0 aromatic heterocycles. The van der Waals surface area contributed by atoms with Crippen LogP contribution < -0.4 is 0 Å². The molecule has 0 aliphatic rings. The van der Waals surface area contributed by atoms with E-state index in [2.05, 4.69) is 19.7 Å². The van der Waals surface area contributed by atoms with Crippen molar-refractivity contribution in [1.82, 2.24) is 0 Å². The molecule has 0 aliphatic carbocycles. The van der Waals surface area contributed by atoms with Crippen LogP contribution in [0, 0.1) is 0 Å². The van der Waals surface area contributed by atoms with E-state index >= 15 is 0 Å². The van der Waals surface area contributed by atoms with E-state index in [0.717, 1.165) is 0 Å². The Labute approximate surface area is 127 Å². The number of hydrogen-bond donors (Lipinski definition) is 0. The summed E-state index contributed by atoms with van der Waals surface area (Å²) in [6.45, 7) is 14.5. The zero-order valence-electron chi connectivity index (χ0n) is 12.7. The first kappa shape index (κ1) is 20.5. The lowest BCUT2D eigenvalue weighted by Crippen LogP contribution is -2.47. The van der Waals surface area contributed by atoms with Gasteiger partial charge < -0.3 is 13.3 Å². The van der Waals surface area contributed by atoms with Crippen molar-refractivity contribution in [3.8, 4) is 0 Å². The average Bonchev–Trinajstić information content (AvgIpc) is 2.21. The Balaban J connectivity index is 5.40. The summed E-state index contributed by atoms with van der Waals surface area (Å²) in [5.41, 5.74) is 0. The van der Waals surface area contributed by atoms with Crippen molar-refractivity contribution < 1.29 is 35.2 Å². The van der Waals surface area contributed by atoms with E-state index < -0.39 is 33.4 Å². The van der Waals surface area contributed by atoms with Crippen molar-refractivity contribution in [1.29, 1.82) is 0 Å². The normalized spacial score (nSPS) is 12.5. The maximum atomic E-state index is 13.1. The van der Waals surface area contributed by atoms with Crippen molar-refractivity contribution in [3.05, 3.63) is 37.0 Å². The molecule has 0 atom stereocenters. The molecule has 0 saturated carbocycles. The number of rotatable bonds is 9. The van der Waals surface area contributed by atoms with Gasteiger partial charge in [-0.25, -0.2) is 0 Å². The van der Waals surface area contributed by atoms with Crippen LogP contribution in [0.5, 0.6) is 0 Å². The van der Waals surface area contributed by atoms with Crippen LogP contribution in [0.15, 0.2) is 37.0 Å². The molecule has 0 spiro atoms. The fourth-order valence-corrected chi connectivity index (χ4v) is 4.11. The molecule has 0 fully saturated rings. The maximum absolute atomic E-state index is 13.1. The second kappa shape index (κ2) is 7.17. The van der Waals surface area contributed by atoms with Crippen molar-refractivity contribution in [2.45, 2.75) is 45.3 Å². The molecule has 3 nitrogen and oxygen atoms in total. The summed E-state index contributed by atoms with van der Waals surface area (Å²) < 4.78 is 78.9. The molecule has 9 heteroatoms. The molecule has 0 aliphatic heterocycles. The fraction of sp³-hybridized carbons (Fsp3) is 0.538. The van der Waals surface area contributed by atoms with Crippen molar-refractivity contribution in [3.63, 3.8) is 0 Å². The third kappa shape index (κ3) is 6.50. The van der Waals surface area contributed by atoms with Gasteiger partial charge in [0, 0.05) is 6.42 Å². The van der Waals surface area contributed by atoms with Gasteiger partial charge >= 0.3 is 20.9 Å². The Morgan fingerprint density at radius 2 is 1.14 bits per heavy atom. The van der Waals surface area contributed by atoms with E-state index in [4.69, 9.17) is 13.3 Å². The molecule has 0 aromatic carbocycles. The van der Waals surface area contributed by atoms with Crippen molar-refractivity contribution in [2.24, 2.45) is 0 Å². The van der Waals surface area contributed by atoms with Crippen LogP contribution in [0.2, 0.25) is 6.04 Å². The van der Waals surface area contributed by atoms with Gasteiger partial charge in [0.25, 0.3) is 0 Å². The van der Waals surface area contributed by atoms with Gasteiger partial charge in [0.1, 0.15) is 0 Å². The van der Waals surface area contributed by atoms with Crippen LogP contribution in [0.25, 0.3) is 0 Å². The van der Waals surface area contributed by atoms with Gasteiger partial charge in [-0.15, -0.1) is 0 Å². The summed E-state index contributed by atoms with van der Waals surface area (Å²) >= 11 is 0. The van der Waals surface area contributed by atoms with Gasteiger partial charge in [-0.2, -0.15) is 22.0 Å². The quantitative estimate of drug-likeness (QED) is 0.328. The van der Waals surface area contributed by atoms with E-state index in [9.17, 15) is 22.0 Å². The van der Waals surface area contributed by atoms with Crippen LogP contribution in [-0.4, -0.2) is 20.9 Å². The third-order valence-electron chi connectivity index (χ3n) is 2.15. The summed E-state index contributed by atoms with van der Waals surface area (Å²) in [4.78, 5) is 0. The van der Waals surface area contributed by atoms with Crippen LogP contribution >= 0.6 is 0 Å². The van der Waals surface area contributed by atoms with Crippen LogP contribution in [0.3, 0.4) is 0 Å². The molecule has 0 amide bonds. The maximum Gasteiger partial charge on any atom is 0.698 e. The molecule has 0 radical (unpaired) electrons. The molecule has 0 N–H and O–H groups in total. The predicted octanol–water partition coefficient (Wildman–Crippen LogP) is 5.16. The molecule has 0 heterocycles. The van der Waals surface area contributed by atoms with Gasteiger partial charge in [0.2, 0.25) is 0 Å². The third-order valence-corrected chi connectivity index (χ3v) is 4.99. The second-order valence-electron chi connectivity index (χ2n) is 4.80. The van der Waals surface area contributed by atoms with Crippen LogP contribution in [-0.2, 0) is 13.3 Å². The second-order valence-corrected chi connectivity index (χ2v) is 7.28. The molecular weight excluding hydrogens is 327 g/mol. The zero-order valence-corrected chi connectivity index (χ0v) is 13.7.